The van der Waals surface area contributed by atoms with Crippen LogP contribution in [0.2, 0.25) is 0 Å². The van der Waals surface area contributed by atoms with Gasteiger partial charge in [0.15, 0.2) is 0 Å². The molecule has 108 valence electrons. The summed E-state index contributed by atoms with van der Waals surface area (Å²) in [4.78, 5) is 22.2. The van der Waals surface area contributed by atoms with Crippen LogP contribution >= 0.6 is 0 Å². The highest BCUT2D eigenvalue weighted by molar-refractivity contribution is 5.82. The summed E-state index contributed by atoms with van der Waals surface area (Å²) >= 11 is 0. The lowest BCUT2D eigenvalue weighted by atomic mass is 10.2. The molecular weight excluding hydrogens is 248 g/mol. The summed E-state index contributed by atoms with van der Waals surface area (Å²) in [6.07, 6.45) is 4.23. The molecule has 5 heteroatoms. The molecule has 0 aliphatic carbocycles. The zero-order chi connectivity index (χ0) is 14.5. The first kappa shape index (κ1) is 17.4. The minimum absolute atomic E-state index is 0.450. The van der Waals surface area contributed by atoms with Gasteiger partial charge in [0.25, 0.3) is 0 Å². The van der Waals surface area contributed by atoms with Gasteiger partial charge in [0.1, 0.15) is 0 Å². The highest BCUT2D eigenvalue weighted by Gasteiger charge is 2.15. The topological polar surface area (TPSA) is 61.8 Å². The zero-order valence-corrected chi connectivity index (χ0v) is 11.4. The van der Waals surface area contributed by atoms with Crippen molar-refractivity contribution in [2.24, 2.45) is 0 Å². The van der Waals surface area contributed by atoms with Crippen molar-refractivity contribution in [3.63, 3.8) is 0 Å². The van der Waals surface area contributed by atoms with Gasteiger partial charge in [0, 0.05) is 31.8 Å². The zero-order valence-electron chi connectivity index (χ0n) is 11.4. The van der Waals surface area contributed by atoms with E-state index < -0.39 is 18.2 Å². The summed E-state index contributed by atoms with van der Waals surface area (Å²) in [5.74, 6) is -1.23. The van der Waals surface area contributed by atoms with Crippen molar-refractivity contribution in [2.75, 3.05) is 13.2 Å². The summed E-state index contributed by atoms with van der Waals surface area (Å²) in [5.41, 5.74) is 0. The third kappa shape index (κ3) is 10.0. The first-order valence-corrected chi connectivity index (χ1v) is 6.37. The van der Waals surface area contributed by atoms with Gasteiger partial charge in [-0.05, 0) is 19.8 Å². The molecule has 19 heavy (non-hydrogen) atoms. The first-order chi connectivity index (χ1) is 9.13. The second-order valence-corrected chi connectivity index (χ2v) is 3.76. The SMILES string of the molecule is C=CC(=O)OC(CCCCCOCC)OC(=O)C=C. The summed E-state index contributed by atoms with van der Waals surface area (Å²) in [6, 6.07) is 0. The summed E-state index contributed by atoms with van der Waals surface area (Å²) < 4.78 is 15.0. The highest BCUT2D eigenvalue weighted by atomic mass is 16.7. The molecule has 0 unspecified atom stereocenters. The number of hydrogen-bond donors (Lipinski definition) is 0. The van der Waals surface area contributed by atoms with E-state index in [1.807, 2.05) is 6.92 Å². The van der Waals surface area contributed by atoms with Gasteiger partial charge in [-0.1, -0.05) is 19.6 Å². The minimum Gasteiger partial charge on any atom is -0.422 e. The Morgan fingerprint density at radius 1 is 1.05 bits per heavy atom. The Hall–Kier alpha value is -1.62. The van der Waals surface area contributed by atoms with Crippen LogP contribution in [0, 0.1) is 0 Å². The maximum absolute atomic E-state index is 11.1. The van der Waals surface area contributed by atoms with E-state index in [9.17, 15) is 9.59 Å². The first-order valence-electron chi connectivity index (χ1n) is 6.37. The van der Waals surface area contributed by atoms with E-state index in [0.717, 1.165) is 31.4 Å². The van der Waals surface area contributed by atoms with Crippen LogP contribution in [0.15, 0.2) is 25.3 Å². The average molecular weight is 270 g/mol. The van der Waals surface area contributed by atoms with E-state index in [-0.39, 0.29) is 0 Å². The molecule has 0 saturated carbocycles. The molecule has 0 amide bonds. The lowest BCUT2D eigenvalue weighted by Gasteiger charge is -2.16. The maximum Gasteiger partial charge on any atom is 0.333 e. The quantitative estimate of drug-likeness (QED) is 0.250. The van der Waals surface area contributed by atoms with Crippen molar-refractivity contribution in [2.45, 2.75) is 38.9 Å². The van der Waals surface area contributed by atoms with Crippen LogP contribution in [0.1, 0.15) is 32.6 Å². The van der Waals surface area contributed by atoms with Gasteiger partial charge in [0.05, 0.1) is 0 Å². The van der Waals surface area contributed by atoms with Gasteiger partial charge < -0.3 is 14.2 Å². The van der Waals surface area contributed by atoms with Gasteiger partial charge in [-0.25, -0.2) is 9.59 Å². The van der Waals surface area contributed by atoms with Crippen LogP contribution in [0.3, 0.4) is 0 Å². The van der Waals surface area contributed by atoms with Gasteiger partial charge >= 0.3 is 11.9 Å². The minimum atomic E-state index is -0.886. The average Bonchev–Trinajstić information content (AvgIpc) is 2.41. The van der Waals surface area contributed by atoms with E-state index in [1.165, 1.54) is 0 Å². The number of rotatable bonds is 11. The molecule has 0 radical (unpaired) electrons. The van der Waals surface area contributed by atoms with Crippen molar-refractivity contribution in [1.82, 2.24) is 0 Å². The number of carbonyl (C=O) groups excluding carboxylic acids is 2. The summed E-state index contributed by atoms with van der Waals surface area (Å²) in [5, 5.41) is 0. The van der Waals surface area contributed by atoms with Crippen molar-refractivity contribution in [3.05, 3.63) is 25.3 Å². The monoisotopic (exact) mass is 270 g/mol. The number of esters is 2. The van der Waals surface area contributed by atoms with Crippen LogP contribution < -0.4 is 0 Å². The van der Waals surface area contributed by atoms with E-state index >= 15 is 0 Å². The molecule has 0 fully saturated rings. The van der Waals surface area contributed by atoms with Crippen molar-refractivity contribution >= 4 is 11.9 Å². The van der Waals surface area contributed by atoms with Crippen LogP contribution in [-0.4, -0.2) is 31.4 Å². The van der Waals surface area contributed by atoms with Gasteiger partial charge in [-0.15, -0.1) is 0 Å². The second kappa shape index (κ2) is 11.5. The third-order valence-electron chi connectivity index (χ3n) is 2.26. The standard InChI is InChI=1S/C14H22O5/c1-4-12(15)18-14(19-13(16)5-2)10-8-7-9-11-17-6-3/h4-5,14H,1-2,6-11H2,3H3. The Kier molecular flexibility index (Phi) is 10.5. The number of unbranched alkanes of at least 4 members (excludes halogenated alkanes) is 2. The summed E-state index contributed by atoms with van der Waals surface area (Å²) in [7, 11) is 0. The number of hydrogen-bond acceptors (Lipinski definition) is 5. The molecule has 0 aromatic carbocycles. The van der Waals surface area contributed by atoms with E-state index in [0.29, 0.717) is 19.6 Å². The van der Waals surface area contributed by atoms with Gasteiger partial charge in [-0.2, -0.15) is 0 Å². The largest absolute Gasteiger partial charge is 0.422 e. The molecule has 0 N–H and O–H groups in total. The van der Waals surface area contributed by atoms with Crippen molar-refractivity contribution < 1.29 is 23.8 Å². The van der Waals surface area contributed by atoms with Crippen LogP contribution in [0.5, 0.6) is 0 Å². The third-order valence-corrected chi connectivity index (χ3v) is 2.26. The summed E-state index contributed by atoms with van der Waals surface area (Å²) in [6.45, 7) is 9.94. The molecule has 0 aliphatic rings. The maximum atomic E-state index is 11.1. The normalized spacial score (nSPS) is 10.0. The van der Waals surface area contributed by atoms with Crippen LogP contribution in [0.25, 0.3) is 0 Å². The predicted octanol–water partition coefficient (Wildman–Crippen LogP) is 2.37. The molecule has 5 nitrogen and oxygen atoms in total. The Morgan fingerprint density at radius 3 is 2.11 bits per heavy atom. The fraction of sp³-hybridized carbons (Fsp3) is 0.571. The predicted molar refractivity (Wildman–Crippen MR) is 71.3 cm³/mol. The Labute approximate surface area is 114 Å². The lowest BCUT2D eigenvalue weighted by molar-refractivity contribution is -0.182. The molecule has 0 aliphatic heterocycles. The smallest absolute Gasteiger partial charge is 0.333 e. The molecule has 0 spiro atoms. The molecule has 0 aromatic heterocycles. The molecular formula is C14H22O5. The Bertz CT molecular complexity index is 276. The molecule has 0 bridgehead atoms. The molecule has 0 aromatic rings. The van der Waals surface area contributed by atoms with E-state index in [4.69, 9.17) is 14.2 Å². The molecule has 0 rings (SSSR count). The van der Waals surface area contributed by atoms with E-state index in [1.54, 1.807) is 0 Å². The number of ether oxygens (including phenoxy) is 3. The molecule has 0 saturated heterocycles. The molecule has 0 atom stereocenters. The second-order valence-electron chi connectivity index (χ2n) is 3.76. The van der Waals surface area contributed by atoms with Crippen molar-refractivity contribution in [3.8, 4) is 0 Å². The highest BCUT2D eigenvalue weighted by Crippen LogP contribution is 2.10. The van der Waals surface area contributed by atoms with Crippen molar-refractivity contribution in [1.29, 1.82) is 0 Å². The van der Waals surface area contributed by atoms with Crippen LogP contribution in [0.4, 0.5) is 0 Å². The van der Waals surface area contributed by atoms with Gasteiger partial charge in [-0.3, -0.25) is 0 Å². The fourth-order valence-electron chi connectivity index (χ4n) is 1.33. The Morgan fingerprint density at radius 2 is 1.63 bits per heavy atom. The Balaban J connectivity index is 3.97. The lowest BCUT2D eigenvalue weighted by Crippen LogP contribution is -2.23. The number of carbonyl (C=O) groups is 2. The molecule has 0 heterocycles. The van der Waals surface area contributed by atoms with E-state index in [2.05, 4.69) is 13.2 Å². The van der Waals surface area contributed by atoms with Gasteiger partial charge in [0.2, 0.25) is 6.29 Å². The fourth-order valence-corrected chi connectivity index (χ4v) is 1.33. The van der Waals surface area contributed by atoms with Crippen LogP contribution in [-0.2, 0) is 23.8 Å².